The molecule has 14 heavy (non-hydrogen) atoms. The predicted octanol–water partition coefficient (Wildman–Crippen LogP) is 1.15. The highest BCUT2D eigenvalue weighted by molar-refractivity contribution is 5.78. The SMILES string of the molecule is CC(C)CCNC(=O)[C@@H]1CCCNC1. The Morgan fingerprint density at radius 1 is 1.57 bits per heavy atom. The van der Waals surface area contributed by atoms with Crippen molar-refractivity contribution >= 4 is 5.91 Å². The van der Waals surface area contributed by atoms with E-state index in [0.29, 0.717) is 5.92 Å². The summed E-state index contributed by atoms with van der Waals surface area (Å²) in [6.07, 6.45) is 3.24. The van der Waals surface area contributed by atoms with Gasteiger partial charge >= 0.3 is 0 Å². The fraction of sp³-hybridized carbons (Fsp3) is 0.909. The molecule has 1 rings (SSSR count). The summed E-state index contributed by atoms with van der Waals surface area (Å²) in [5.41, 5.74) is 0. The lowest BCUT2D eigenvalue weighted by Crippen LogP contribution is -2.40. The molecule has 1 fully saturated rings. The van der Waals surface area contributed by atoms with Crippen LogP contribution in [0.3, 0.4) is 0 Å². The van der Waals surface area contributed by atoms with E-state index in [1.165, 1.54) is 0 Å². The van der Waals surface area contributed by atoms with Crippen molar-refractivity contribution in [2.45, 2.75) is 33.1 Å². The molecule has 1 saturated heterocycles. The minimum Gasteiger partial charge on any atom is -0.356 e. The molecule has 0 aromatic heterocycles. The molecule has 0 aromatic rings. The Labute approximate surface area is 86.6 Å². The summed E-state index contributed by atoms with van der Waals surface area (Å²) < 4.78 is 0. The molecule has 0 unspecified atom stereocenters. The smallest absolute Gasteiger partial charge is 0.224 e. The second kappa shape index (κ2) is 6.02. The van der Waals surface area contributed by atoms with Gasteiger partial charge in [-0.2, -0.15) is 0 Å². The van der Waals surface area contributed by atoms with Crippen LogP contribution in [0.5, 0.6) is 0 Å². The molecule has 0 saturated carbocycles. The number of amides is 1. The van der Waals surface area contributed by atoms with Gasteiger partial charge in [0.15, 0.2) is 0 Å². The molecule has 1 aliphatic rings. The van der Waals surface area contributed by atoms with E-state index in [1.807, 2.05) is 0 Å². The Hall–Kier alpha value is -0.570. The zero-order valence-corrected chi connectivity index (χ0v) is 9.31. The molecular weight excluding hydrogens is 176 g/mol. The highest BCUT2D eigenvalue weighted by atomic mass is 16.1. The van der Waals surface area contributed by atoms with Gasteiger partial charge < -0.3 is 10.6 Å². The lowest BCUT2D eigenvalue weighted by atomic mass is 9.99. The molecule has 1 atom stereocenters. The molecule has 1 aliphatic heterocycles. The van der Waals surface area contributed by atoms with Gasteiger partial charge in [0, 0.05) is 13.1 Å². The Morgan fingerprint density at radius 3 is 2.93 bits per heavy atom. The summed E-state index contributed by atoms with van der Waals surface area (Å²) in [7, 11) is 0. The summed E-state index contributed by atoms with van der Waals surface area (Å²) >= 11 is 0. The van der Waals surface area contributed by atoms with Gasteiger partial charge in [0.25, 0.3) is 0 Å². The summed E-state index contributed by atoms with van der Waals surface area (Å²) in [4.78, 5) is 11.6. The zero-order valence-electron chi connectivity index (χ0n) is 9.31. The van der Waals surface area contributed by atoms with Gasteiger partial charge in [-0.3, -0.25) is 4.79 Å². The van der Waals surface area contributed by atoms with Gasteiger partial charge in [-0.05, 0) is 31.7 Å². The maximum Gasteiger partial charge on any atom is 0.224 e. The Kier molecular flexibility index (Phi) is 4.94. The third-order valence-corrected chi connectivity index (χ3v) is 2.69. The predicted molar refractivity (Wildman–Crippen MR) is 58.1 cm³/mol. The standard InChI is InChI=1S/C11H22N2O/c1-9(2)5-7-13-11(14)10-4-3-6-12-8-10/h9-10,12H,3-8H2,1-2H3,(H,13,14)/t10-/m1/s1. The van der Waals surface area contributed by atoms with Crippen molar-refractivity contribution in [3.05, 3.63) is 0 Å². The van der Waals surface area contributed by atoms with E-state index in [-0.39, 0.29) is 11.8 Å². The van der Waals surface area contributed by atoms with E-state index in [1.54, 1.807) is 0 Å². The number of nitrogens with one attached hydrogen (secondary N) is 2. The van der Waals surface area contributed by atoms with Crippen LogP contribution in [0.4, 0.5) is 0 Å². The van der Waals surface area contributed by atoms with Crippen molar-refractivity contribution < 1.29 is 4.79 Å². The van der Waals surface area contributed by atoms with Crippen molar-refractivity contribution in [3.63, 3.8) is 0 Å². The molecule has 1 amide bonds. The molecule has 82 valence electrons. The molecular formula is C11H22N2O. The van der Waals surface area contributed by atoms with Crippen molar-refractivity contribution in [3.8, 4) is 0 Å². The van der Waals surface area contributed by atoms with E-state index in [2.05, 4.69) is 24.5 Å². The van der Waals surface area contributed by atoms with Crippen molar-refractivity contribution in [1.29, 1.82) is 0 Å². The maximum atomic E-state index is 11.6. The van der Waals surface area contributed by atoms with Crippen molar-refractivity contribution in [1.82, 2.24) is 10.6 Å². The first-order valence-corrected chi connectivity index (χ1v) is 5.68. The number of hydrogen-bond acceptors (Lipinski definition) is 2. The number of piperidine rings is 1. The van der Waals surface area contributed by atoms with E-state index in [4.69, 9.17) is 0 Å². The Morgan fingerprint density at radius 2 is 2.36 bits per heavy atom. The van der Waals surface area contributed by atoms with Crippen LogP contribution in [0.2, 0.25) is 0 Å². The maximum absolute atomic E-state index is 11.6. The Bertz CT molecular complexity index is 174. The van der Waals surface area contributed by atoms with Gasteiger partial charge in [-0.15, -0.1) is 0 Å². The molecule has 0 aromatic carbocycles. The molecule has 0 radical (unpaired) electrons. The van der Waals surface area contributed by atoms with Crippen molar-refractivity contribution in [2.24, 2.45) is 11.8 Å². The molecule has 0 spiro atoms. The monoisotopic (exact) mass is 198 g/mol. The van der Waals surface area contributed by atoms with E-state index < -0.39 is 0 Å². The van der Waals surface area contributed by atoms with Gasteiger partial charge in [-0.1, -0.05) is 13.8 Å². The second-order valence-electron chi connectivity index (χ2n) is 4.52. The fourth-order valence-electron chi connectivity index (χ4n) is 1.70. The summed E-state index contributed by atoms with van der Waals surface area (Å²) in [5, 5.41) is 6.26. The molecule has 0 bridgehead atoms. The zero-order chi connectivity index (χ0) is 10.4. The molecule has 2 N–H and O–H groups in total. The molecule has 3 heteroatoms. The van der Waals surface area contributed by atoms with E-state index in [9.17, 15) is 4.79 Å². The van der Waals surface area contributed by atoms with E-state index >= 15 is 0 Å². The van der Waals surface area contributed by atoms with Crippen LogP contribution in [-0.4, -0.2) is 25.5 Å². The summed E-state index contributed by atoms with van der Waals surface area (Å²) in [5.74, 6) is 1.11. The average molecular weight is 198 g/mol. The first kappa shape index (κ1) is 11.5. The largest absolute Gasteiger partial charge is 0.356 e. The van der Waals surface area contributed by atoms with E-state index in [0.717, 1.165) is 38.9 Å². The fourth-order valence-corrected chi connectivity index (χ4v) is 1.70. The average Bonchev–Trinajstić information content (AvgIpc) is 2.18. The van der Waals surface area contributed by atoms with Crippen LogP contribution >= 0.6 is 0 Å². The minimum absolute atomic E-state index is 0.205. The first-order valence-electron chi connectivity index (χ1n) is 5.68. The van der Waals surface area contributed by atoms with Crippen molar-refractivity contribution in [2.75, 3.05) is 19.6 Å². The minimum atomic E-state index is 0.205. The van der Waals surface area contributed by atoms with Gasteiger partial charge in [0.2, 0.25) is 5.91 Å². The van der Waals surface area contributed by atoms with Crippen LogP contribution in [-0.2, 0) is 4.79 Å². The normalized spacial score (nSPS) is 22.4. The van der Waals surface area contributed by atoms with Gasteiger partial charge in [0.05, 0.1) is 5.92 Å². The summed E-state index contributed by atoms with van der Waals surface area (Å²) in [6, 6.07) is 0. The van der Waals surface area contributed by atoms with Gasteiger partial charge in [0.1, 0.15) is 0 Å². The highest BCUT2D eigenvalue weighted by Gasteiger charge is 2.19. The molecule has 3 nitrogen and oxygen atoms in total. The Balaban J connectivity index is 2.13. The summed E-state index contributed by atoms with van der Waals surface area (Å²) in [6.45, 7) is 7.10. The lowest BCUT2D eigenvalue weighted by molar-refractivity contribution is -0.125. The number of rotatable bonds is 4. The highest BCUT2D eigenvalue weighted by Crippen LogP contribution is 2.09. The third kappa shape index (κ3) is 4.09. The number of hydrogen-bond donors (Lipinski definition) is 2. The lowest BCUT2D eigenvalue weighted by Gasteiger charge is -2.22. The van der Waals surface area contributed by atoms with Crippen LogP contribution in [0, 0.1) is 11.8 Å². The topological polar surface area (TPSA) is 41.1 Å². The van der Waals surface area contributed by atoms with Gasteiger partial charge in [-0.25, -0.2) is 0 Å². The number of carbonyl (C=O) groups is 1. The number of carbonyl (C=O) groups excluding carboxylic acids is 1. The van der Waals surface area contributed by atoms with Crippen LogP contribution in [0.25, 0.3) is 0 Å². The quantitative estimate of drug-likeness (QED) is 0.711. The third-order valence-electron chi connectivity index (χ3n) is 2.69. The first-order chi connectivity index (χ1) is 6.70. The molecule has 1 heterocycles. The second-order valence-corrected chi connectivity index (χ2v) is 4.52. The molecule has 0 aliphatic carbocycles. The van der Waals surface area contributed by atoms with Crippen LogP contribution in [0.15, 0.2) is 0 Å². The van der Waals surface area contributed by atoms with Crippen LogP contribution in [0.1, 0.15) is 33.1 Å². The van der Waals surface area contributed by atoms with Crippen LogP contribution < -0.4 is 10.6 Å².